The molecule has 0 spiro atoms. The highest BCUT2D eigenvalue weighted by Gasteiger charge is 2.19. The number of hydrogen-bond donors (Lipinski definition) is 0. The molecule has 0 radical (unpaired) electrons. The number of nitrogens with zero attached hydrogens (tertiary/aromatic N) is 2. The molecule has 0 N–H and O–H groups in total. The van der Waals surface area contributed by atoms with Crippen molar-refractivity contribution in [2.75, 3.05) is 33.4 Å². The van der Waals surface area contributed by atoms with Gasteiger partial charge in [-0.2, -0.15) is 0 Å². The summed E-state index contributed by atoms with van der Waals surface area (Å²) in [6.07, 6.45) is 0. The summed E-state index contributed by atoms with van der Waals surface area (Å²) >= 11 is 0. The Morgan fingerprint density at radius 3 is 2.72 bits per heavy atom. The van der Waals surface area contributed by atoms with Gasteiger partial charge in [-0.25, -0.2) is 0 Å². The quantitative estimate of drug-likeness (QED) is 0.763. The molecule has 0 aromatic heterocycles. The first-order chi connectivity index (χ1) is 8.76. The fraction of sp³-hybridized carbons (Fsp3) is 0.417. The van der Waals surface area contributed by atoms with Crippen LogP contribution >= 0.6 is 0 Å². The van der Waals surface area contributed by atoms with Crippen molar-refractivity contribution in [2.45, 2.75) is 0 Å². The van der Waals surface area contributed by atoms with E-state index in [4.69, 9.17) is 9.47 Å². The van der Waals surface area contributed by atoms with E-state index in [0.29, 0.717) is 37.6 Å². The Hall–Kier alpha value is -1.95. The summed E-state index contributed by atoms with van der Waals surface area (Å²) in [5.41, 5.74) is 0.678. The largest absolute Gasteiger partial charge is 0.494 e. The maximum atomic E-state index is 12.2. The number of benzene rings is 1. The van der Waals surface area contributed by atoms with E-state index in [1.54, 1.807) is 11.0 Å². The SMILES string of the molecule is COc1cc(C(=O)N2CCOCC2)ccc1N=O. The molecule has 1 aromatic rings. The molecule has 96 valence electrons. The van der Waals surface area contributed by atoms with Crippen LogP contribution in [0.1, 0.15) is 10.4 Å². The summed E-state index contributed by atoms with van der Waals surface area (Å²) in [6, 6.07) is 4.60. The molecule has 0 bridgehead atoms. The Kier molecular flexibility index (Phi) is 3.88. The molecule has 6 heteroatoms. The zero-order valence-corrected chi connectivity index (χ0v) is 10.1. The Balaban J connectivity index is 2.21. The minimum Gasteiger partial charge on any atom is -0.494 e. The van der Waals surface area contributed by atoms with E-state index in [9.17, 15) is 9.70 Å². The number of amides is 1. The average molecular weight is 250 g/mol. The summed E-state index contributed by atoms with van der Waals surface area (Å²) < 4.78 is 10.2. The van der Waals surface area contributed by atoms with Crippen molar-refractivity contribution in [1.29, 1.82) is 0 Å². The fourth-order valence-electron chi connectivity index (χ4n) is 1.84. The Bertz CT molecular complexity index is 455. The number of methoxy groups -OCH3 is 1. The van der Waals surface area contributed by atoms with Gasteiger partial charge in [-0.3, -0.25) is 4.79 Å². The van der Waals surface area contributed by atoms with Crippen molar-refractivity contribution in [1.82, 2.24) is 4.90 Å². The molecular weight excluding hydrogens is 236 g/mol. The fourth-order valence-corrected chi connectivity index (χ4v) is 1.84. The third kappa shape index (κ3) is 2.48. The lowest BCUT2D eigenvalue weighted by Crippen LogP contribution is -2.40. The topological polar surface area (TPSA) is 68.2 Å². The van der Waals surface area contributed by atoms with Gasteiger partial charge in [0, 0.05) is 18.7 Å². The van der Waals surface area contributed by atoms with Gasteiger partial charge in [0.1, 0.15) is 11.4 Å². The molecule has 6 nitrogen and oxygen atoms in total. The number of hydrogen-bond acceptors (Lipinski definition) is 5. The van der Waals surface area contributed by atoms with Crippen molar-refractivity contribution >= 4 is 11.6 Å². The maximum Gasteiger partial charge on any atom is 0.254 e. The molecule has 1 amide bonds. The molecule has 1 aromatic carbocycles. The zero-order valence-electron chi connectivity index (χ0n) is 10.1. The van der Waals surface area contributed by atoms with Crippen molar-refractivity contribution in [3.8, 4) is 5.75 Å². The molecule has 0 atom stereocenters. The van der Waals surface area contributed by atoms with Crippen LogP contribution in [0.4, 0.5) is 5.69 Å². The molecule has 18 heavy (non-hydrogen) atoms. The smallest absolute Gasteiger partial charge is 0.254 e. The Labute approximate surface area is 104 Å². The number of ether oxygens (including phenoxy) is 2. The van der Waals surface area contributed by atoms with Gasteiger partial charge < -0.3 is 14.4 Å². The van der Waals surface area contributed by atoms with E-state index in [1.165, 1.54) is 19.2 Å². The average Bonchev–Trinajstić information content (AvgIpc) is 2.46. The second-order valence-electron chi connectivity index (χ2n) is 3.88. The van der Waals surface area contributed by atoms with Gasteiger partial charge in [0.25, 0.3) is 5.91 Å². The van der Waals surface area contributed by atoms with Crippen LogP contribution in [0.3, 0.4) is 0 Å². The standard InChI is InChI=1S/C12H14N2O4/c1-17-11-8-9(2-3-10(11)13-16)12(15)14-4-6-18-7-5-14/h2-3,8H,4-7H2,1H3. The number of nitroso groups, excluding NO2 is 1. The minimum atomic E-state index is -0.0888. The first-order valence-electron chi connectivity index (χ1n) is 5.64. The predicted molar refractivity (Wildman–Crippen MR) is 65.2 cm³/mol. The van der Waals surface area contributed by atoms with Crippen molar-refractivity contribution in [3.63, 3.8) is 0 Å². The first kappa shape index (κ1) is 12.5. The monoisotopic (exact) mass is 250 g/mol. The highest BCUT2D eigenvalue weighted by molar-refractivity contribution is 5.95. The lowest BCUT2D eigenvalue weighted by molar-refractivity contribution is 0.0302. The Morgan fingerprint density at radius 2 is 2.11 bits per heavy atom. The number of carbonyl (C=O) groups is 1. The van der Waals surface area contributed by atoms with Crippen LogP contribution in [0.2, 0.25) is 0 Å². The molecule has 1 aliphatic rings. The molecule has 0 unspecified atom stereocenters. The summed E-state index contributed by atoms with van der Waals surface area (Å²) in [4.78, 5) is 24.4. The minimum absolute atomic E-state index is 0.0888. The summed E-state index contributed by atoms with van der Waals surface area (Å²) in [6.45, 7) is 2.26. The molecule has 1 saturated heterocycles. The third-order valence-corrected chi connectivity index (χ3v) is 2.82. The number of morpholine rings is 1. The molecule has 1 aliphatic heterocycles. The maximum absolute atomic E-state index is 12.2. The van der Waals surface area contributed by atoms with E-state index in [1.807, 2.05) is 0 Å². The summed E-state index contributed by atoms with van der Waals surface area (Å²) in [5, 5.41) is 2.83. The van der Waals surface area contributed by atoms with Gasteiger partial charge in [0.2, 0.25) is 0 Å². The lowest BCUT2D eigenvalue weighted by Gasteiger charge is -2.27. The van der Waals surface area contributed by atoms with Crippen LogP contribution in [0.25, 0.3) is 0 Å². The lowest BCUT2D eigenvalue weighted by atomic mass is 10.1. The summed E-state index contributed by atoms with van der Waals surface area (Å²) in [5.74, 6) is 0.221. The van der Waals surface area contributed by atoms with Crippen molar-refractivity contribution in [3.05, 3.63) is 28.7 Å². The molecule has 1 heterocycles. The molecule has 0 aliphatic carbocycles. The molecule has 2 rings (SSSR count). The molecule has 1 fully saturated rings. The third-order valence-electron chi connectivity index (χ3n) is 2.82. The highest BCUT2D eigenvalue weighted by atomic mass is 16.5. The van der Waals surface area contributed by atoms with E-state index in [0.717, 1.165) is 0 Å². The van der Waals surface area contributed by atoms with Crippen LogP contribution in [0.5, 0.6) is 5.75 Å². The van der Waals surface area contributed by atoms with Crippen LogP contribution in [-0.2, 0) is 4.74 Å². The van der Waals surface area contributed by atoms with Crippen LogP contribution in [0.15, 0.2) is 23.4 Å². The zero-order chi connectivity index (χ0) is 13.0. The van der Waals surface area contributed by atoms with E-state index < -0.39 is 0 Å². The Morgan fingerprint density at radius 1 is 1.39 bits per heavy atom. The highest BCUT2D eigenvalue weighted by Crippen LogP contribution is 2.28. The molecule has 0 saturated carbocycles. The first-order valence-corrected chi connectivity index (χ1v) is 5.64. The number of rotatable bonds is 3. The van der Waals surface area contributed by atoms with Crippen LogP contribution in [-0.4, -0.2) is 44.2 Å². The normalized spacial score (nSPS) is 15.3. The number of carbonyl (C=O) groups excluding carboxylic acids is 1. The van der Waals surface area contributed by atoms with Gasteiger partial charge >= 0.3 is 0 Å². The van der Waals surface area contributed by atoms with Crippen LogP contribution in [0, 0.1) is 4.91 Å². The van der Waals surface area contributed by atoms with Crippen molar-refractivity contribution < 1.29 is 14.3 Å². The van der Waals surface area contributed by atoms with Crippen LogP contribution < -0.4 is 4.74 Å². The second-order valence-corrected chi connectivity index (χ2v) is 3.88. The van der Waals surface area contributed by atoms with E-state index >= 15 is 0 Å². The van der Waals surface area contributed by atoms with Gasteiger partial charge in [-0.1, -0.05) is 0 Å². The van der Waals surface area contributed by atoms with Crippen molar-refractivity contribution in [2.24, 2.45) is 5.18 Å². The van der Waals surface area contributed by atoms with E-state index in [-0.39, 0.29) is 11.6 Å². The van der Waals surface area contributed by atoms with Gasteiger partial charge in [0.15, 0.2) is 0 Å². The predicted octanol–water partition coefficient (Wildman–Crippen LogP) is 1.57. The van der Waals surface area contributed by atoms with E-state index in [2.05, 4.69) is 5.18 Å². The molecular formula is C12H14N2O4. The van der Waals surface area contributed by atoms with Gasteiger partial charge in [-0.05, 0) is 23.4 Å². The second kappa shape index (κ2) is 5.59. The van der Waals surface area contributed by atoms with Gasteiger partial charge in [-0.15, -0.1) is 4.91 Å². The summed E-state index contributed by atoms with van der Waals surface area (Å²) in [7, 11) is 1.44. The van der Waals surface area contributed by atoms with Gasteiger partial charge in [0.05, 0.1) is 20.3 Å².